The zero-order valence-corrected chi connectivity index (χ0v) is 12.8. The molecule has 1 fully saturated rings. The van der Waals surface area contributed by atoms with Crippen molar-refractivity contribution in [1.82, 2.24) is 5.32 Å². The first-order valence-corrected chi connectivity index (χ1v) is 7.61. The zero-order valence-electron chi connectivity index (χ0n) is 12.8. The topological polar surface area (TPSA) is 64.9 Å². The first-order valence-electron chi connectivity index (χ1n) is 7.61. The third-order valence-corrected chi connectivity index (χ3v) is 4.07. The number of para-hydroxylation sites is 1. The highest BCUT2D eigenvalue weighted by Crippen LogP contribution is 2.29. The van der Waals surface area contributed by atoms with Gasteiger partial charge in [0.15, 0.2) is 0 Å². The molecular formula is C17H23N3O. The molecule has 0 spiro atoms. The van der Waals surface area contributed by atoms with E-state index in [2.05, 4.69) is 36.6 Å². The van der Waals surface area contributed by atoms with Gasteiger partial charge in [-0.1, -0.05) is 32.0 Å². The van der Waals surface area contributed by atoms with Gasteiger partial charge in [-0.15, -0.1) is 0 Å². The number of benzene rings is 1. The molecule has 1 aromatic carbocycles. The SMILES string of the molecule is CC(C)c1ccccc1NCC(=O)NC1(C#N)CCCC1. The fraction of sp³-hybridized carbons (Fsp3) is 0.529. The van der Waals surface area contributed by atoms with E-state index in [-0.39, 0.29) is 12.5 Å². The second-order valence-electron chi connectivity index (χ2n) is 6.04. The van der Waals surface area contributed by atoms with Gasteiger partial charge in [0.1, 0.15) is 5.54 Å². The Bertz CT molecular complexity index is 539. The quantitative estimate of drug-likeness (QED) is 0.873. The minimum atomic E-state index is -0.643. The summed E-state index contributed by atoms with van der Waals surface area (Å²) in [6.07, 6.45) is 3.55. The predicted octanol–water partition coefficient (Wildman–Crippen LogP) is 3.17. The smallest absolute Gasteiger partial charge is 0.240 e. The maximum atomic E-state index is 12.1. The Hall–Kier alpha value is -2.02. The third kappa shape index (κ3) is 3.75. The highest BCUT2D eigenvalue weighted by atomic mass is 16.2. The number of rotatable bonds is 5. The lowest BCUT2D eigenvalue weighted by atomic mass is 10.00. The molecule has 0 aliphatic heterocycles. The van der Waals surface area contributed by atoms with Gasteiger partial charge in [-0.3, -0.25) is 4.79 Å². The maximum Gasteiger partial charge on any atom is 0.240 e. The number of nitriles is 1. The van der Waals surface area contributed by atoms with E-state index >= 15 is 0 Å². The van der Waals surface area contributed by atoms with Crippen LogP contribution in [0.4, 0.5) is 5.69 Å². The van der Waals surface area contributed by atoms with Crippen LogP contribution in [0.1, 0.15) is 51.0 Å². The van der Waals surface area contributed by atoms with Crippen LogP contribution >= 0.6 is 0 Å². The summed E-state index contributed by atoms with van der Waals surface area (Å²) in [4.78, 5) is 12.1. The van der Waals surface area contributed by atoms with Crippen LogP contribution in [0.25, 0.3) is 0 Å². The van der Waals surface area contributed by atoms with Crippen molar-refractivity contribution in [2.75, 3.05) is 11.9 Å². The molecular weight excluding hydrogens is 262 g/mol. The van der Waals surface area contributed by atoms with Crippen molar-refractivity contribution in [1.29, 1.82) is 5.26 Å². The fourth-order valence-electron chi connectivity index (χ4n) is 2.89. The molecule has 4 heteroatoms. The molecule has 1 aliphatic carbocycles. The zero-order chi connectivity index (χ0) is 15.3. The second-order valence-corrected chi connectivity index (χ2v) is 6.04. The summed E-state index contributed by atoms with van der Waals surface area (Å²) in [5.74, 6) is 0.286. The van der Waals surface area contributed by atoms with Gasteiger partial charge < -0.3 is 10.6 Å². The molecule has 1 aromatic rings. The minimum absolute atomic E-state index is 0.114. The maximum absolute atomic E-state index is 12.1. The van der Waals surface area contributed by atoms with E-state index in [9.17, 15) is 10.1 Å². The highest BCUT2D eigenvalue weighted by Gasteiger charge is 2.35. The van der Waals surface area contributed by atoms with E-state index in [0.29, 0.717) is 5.92 Å². The van der Waals surface area contributed by atoms with Crippen LogP contribution in [0.15, 0.2) is 24.3 Å². The number of anilines is 1. The number of nitrogens with zero attached hydrogens (tertiary/aromatic N) is 1. The summed E-state index contributed by atoms with van der Waals surface area (Å²) in [5.41, 5.74) is 1.54. The molecule has 0 bridgehead atoms. The summed E-state index contributed by atoms with van der Waals surface area (Å²) in [5, 5.41) is 15.4. The van der Waals surface area contributed by atoms with Gasteiger partial charge in [0, 0.05) is 5.69 Å². The Kier molecular flexibility index (Phi) is 4.85. The van der Waals surface area contributed by atoms with Crippen LogP contribution in [-0.2, 0) is 4.79 Å². The number of carbonyl (C=O) groups is 1. The number of nitrogens with one attached hydrogen (secondary N) is 2. The normalized spacial score (nSPS) is 16.5. The number of carbonyl (C=O) groups excluding carboxylic acids is 1. The largest absolute Gasteiger partial charge is 0.376 e. The number of hydrogen-bond donors (Lipinski definition) is 2. The molecule has 0 unspecified atom stereocenters. The van der Waals surface area contributed by atoms with E-state index < -0.39 is 5.54 Å². The molecule has 0 saturated heterocycles. The van der Waals surface area contributed by atoms with Crippen LogP contribution in [0.3, 0.4) is 0 Å². The van der Waals surface area contributed by atoms with Gasteiger partial charge in [-0.05, 0) is 43.2 Å². The van der Waals surface area contributed by atoms with Crippen molar-refractivity contribution in [3.8, 4) is 6.07 Å². The van der Waals surface area contributed by atoms with Gasteiger partial charge >= 0.3 is 0 Å². The molecule has 21 heavy (non-hydrogen) atoms. The summed E-state index contributed by atoms with van der Waals surface area (Å²) >= 11 is 0. The average molecular weight is 285 g/mol. The molecule has 1 saturated carbocycles. The molecule has 0 atom stereocenters. The van der Waals surface area contributed by atoms with Crippen LogP contribution in [0.5, 0.6) is 0 Å². The molecule has 2 rings (SSSR count). The average Bonchev–Trinajstić information content (AvgIpc) is 2.94. The first kappa shape index (κ1) is 15.4. The third-order valence-electron chi connectivity index (χ3n) is 4.07. The summed E-state index contributed by atoms with van der Waals surface area (Å²) < 4.78 is 0. The predicted molar refractivity (Wildman–Crippen MR) is 84.0 cm³/mol. The van der Waals surface area contributed by atoms with E-state index in [1.54, 1.807) is 0 Å². The molecule has 2 N–H and O–H groups in total. The molecule has 0 aromatic heterocycles. The Morgan fingerprint density at radius 1 is 1.33 bits per heavy atom. The van der Waals surface area contributed by atoms with Crippen molar-refractivity contribution in [2.24, 2.45) is 0 Å². The fourth-order valence-corrected chi connectivity index (χ4v) is 2.89. The minimum Gasteiger partial charge on any atom is -0.376 e. The number of hydrogen-bond acceptors (Lipinski definition) is 3. The monoisotopic (exact) mass is 285 g/mol. The van der Waals surface area contributed by atoms with Crippen molar-refractivity contribution in [3.63, 3.8) is 0 Å². The van der Waals surface area contributed by atoms with Crippen LogP contribution in [0, 0.1) is 11.3 Å². The Morgan fingerprint density at radius 2 is 2.00 bits per heavy atom. The lowest BCUT2D eigenvalue weighted by Gasteiger charge is -2.22. The summed E-state index contributed by atoms with van der Waals surface area (Å²) in [7, 11) is 0. The lowest BCUT2D eigenvalue weighted by Crippen LogP contribution is -2.47. The molecule has 112 valence electrons. The molecule has 4 nitrogen and oxygen atoms in total. The molecule has 0 radical (unpaired) electrons. The van der Waals surface area contributed by atoms with Crippen molar-refractivity contribution >= 4 is 11.6 Å². The van der Waals surface area contributed by atoms with Crippen LogP contribution in [-0.4, -0.2) is 18.0 Å². The van der Waals surface area contributed by atoms with Crippen molar-refractivity contribution in [3.05, 3.63) is 29.8 Å². The van der Waals surface area contributed by atoms with Crippen molar-refractivity contribution in [2.45, 2.75) is 51.0 Å². The highest BCUT2D eigenvalue weighted by molar-refractivity contribution is 5.82. The van der Waals surface area contributed by atoms with Gasteiger partial charge in [0.25, 0.3) is 0 Å². The summed E-state index contributed by atoms with van der Waals surface area (Å²) in [6, 6.07) is 10.3. The van der Waals surface area contributed by atoms with E-state index in [1.807, 2.05) is 18.2 Å². The van der Waals surface area contributed by atoms with Gasteiger partial charge in [-0.25, -0.2) is 0 Å². The van der Waals surface area contributed by atoms with E-state index in [0.717, 1.165) is 31.4 Å². The Balaban J connectivity index is 1.94. The Labute approximate surface area is 126 Å². The number of amides is 1. The second kappa shape index (κ2) is 6.62. The first-order chi connectivity index (χ1) is 10.1. The summed E-state index contributed by atoms with van der Waals surface area (Å²) in [6.45, 7) is 4.46. The Morgan fingerprint density at radius 3 is 2.62 bits per heavy atom. The molecule has 1 amide bonds. The van der Waals surface area contributed by atoms with Gasteiger partial charge in [0.05, 0.1) is 12.6 Å². The molecule has 1 aliphatic rings. The van der Waals surface area contributed by atoms with Gasteiger partial charge in [-0.2, -0.15) is 5.26 Å². The lowest BCUT2D eigenvalue weighted by molar-refractivity contribution is -0.120. The standard InChI is InChI=1S/C17H23N3O/c1-13(2)14-7-3-4-8-15(14)19-11-16(21)20-17(12-18)9-5-6-10-17/h3-4,7-8,13,19H,5-6,9-11H2,1-2H3,(H,20,21). The molecule has 0 heterocycles. The van der Waals surface area contributed by atoms with Crippen LogP contribution < -0.4 is 10.6 Å². The van der Waals surface area contributed by atoms with Gasteiger partial charge in [0.2, 0.25) is 5.91 Å². The van der Waals surface area contributed by atoms with Crippen LogP contribution in [0.2, 0.25) is 0 Å². The van der Waals surface area contributed by atoms with E-state index in [1.165, 1.54) is 5.56 Å². The van der Waals surface area contributed by atoms with E-state index in [4.69, 9.17) is 0 Å². The van der Waals surface area contributed by atoms with Crippen molar-refractivity contribution < 1.29 is 4.79 Å².